The van der Waals surface area contributed by atoms with Crippen molar-refractivity contribution >= 4 is 16.7 Å². The number of carbonyl (C=O) groups is 1. The smallest absolute Gasteiger partial charge is 0.195 e. The summed E-state index contributed by atoms with van der Waals surface area (Å²) in [4.78, 5) is 18.3. The second-order valence-corrected chi connectivity index (χ2v) is 5.46. The van der Waals surface area contributed by atoms with Crippen LogP contribution in [0.1, 0.15) is 21.6 Å². The van der Waals surface area contributed by atoms with Gasteiger partial charge in [-0.3, -0.25) is 4.79 Å². The van der Waals surface area contributed by atoms with Gasteiger partial charge in [0.25, 0.3) is 0 Å². The molecule has 3 heteroatoms. The van der Waals surface area contributed by atoms with E-state index in [1.807, 2.05) is 68.7 Å². The molecule has 3 rings (SSSR count). The van der Waals surface area contributed by atoms with Crippen molar-refractivity contribution in [3.8, 4) is 0 Å². The third kappa shape index (κ3) is 2.60. The minimum atomic E-state index is 0.0740. The number of nitrogens with zero attached hydrogens (tertiary/aromatic N) is 1. The second-order valence-electron chi connectivity index (χ2n) is 5.46. The van der Waals surface area contributed by atoms with Gasteiger partial charge in [-0.1, -0.05) is 48.5 Å². The third-order valence-electron chi connectivity index (χ3n) is 3.52. The van der Waals surface area contributed by atoms with Crippen LogP contribution >= 0.6 is 0 Å². The van der Waals surface area contributed by atoms with E-state index in [2.05, 4.69) is 9.88 Å². The molecule has 1 N–H and O–H groups in total. The van der Waals surface area contributed by atoms with Crippen LogP contribution in [0.3, 0.4) is 0 Å². The van der Waals surface area contributed by atoms with Crippen LogP contribution in [0.5, 0.6) is 0 Å². The van der Waals surface area contributed by atoms with Gasteiger partial charge in [0.05, 0.1) is 5.56 Å². The maximum absolute atomic E-state index is 12.9. The number of hydrogen-bond donors (Lipinski definition) is 1. The largest absolute Gasteiger partial charge is 0.357 e. The van der Waals surface area contributed by atoms with Crippen LogP contribution in [0.25, 0.3) is 10.9 Å². The lowest BCUT2D eigenvalue weighted by atomic mass is 10.00. The number of benzene rings is 2. The third-order valence-corrected chi connectivity index (χ3v) is 3.52. The topological polar surface area (TPSA) is 36.1 Å². The first-order valence-corrected chi connectivity index (χ1v) is 7.01. The highest BCUT2D eigenvalue weighted by Crippen LogP contribution is 2.25. The van der Waals surface area contributed by atoms with Crippen molar-refractivity contribution < 1.29 is 4.79 Å². The van der Waals surface area contributed by atoms with Gasteiger partial charge < -0.3 is 9.88 Å². The summed E-state index contributed by atoms with van der Waals surface area (Å²) in [5, 5.41) is 0.989. The minimum absolute atomic E-state index is 0.0740. The normalized spacial score (nSPS) is 11.2. The van der Waals surface area contributed by atoms with E-state index in [1.165, 1.54) is 0 Å². The van der Waals surface area contributed by atoms with Crippen molar-refractivity contribution in [3.63, 3.8) is 0 Å². The van der Waals surface area contributed by atoms with E-state index < -0.39 is 0 Å². The first-order valence-electron chi connectivity index (χ1n) is 7.01. The zero-order valence-electron chi connectivity index (χ0n) is 12.3. The van der Waals surface area contributed by atoms with Crippen molar-refractivity contribution in [1.82, 2.24) is 9.88 Å². The summed E-state index contributed by atoms with van der Waals surface area (Å²) in [6.07, 6.45) is 0. The maximum atomic E-state index is 12.9. The molecule has 2 aromatic carbocycles. The summed E-state index contributed by atoms with van der Waals surface area (Å²) in [6.45, 7) is 0.711. The molecule has 3 aromatic rings. The number of aromatic nitrogens is 1. The molecule has 3 nitrogen and oxygen atoms in total. The molecular formula is C18H18N2O. The van der Waals surface area contributed by atoms with Crippen LogP contribution in [-0.4, -0.2) is 29.8 Å². The van der Waals surface area contributed by atoms with Gasteiger partial charge in [-0.15, -0.1) is 0 Å². The molecule has 1 aromatic heterocycles. The number of rotatable bonds is 4. The van der Waals surface area contributed by atoms with Gasteiger partial charge in [0.15, 0.2) is 5.78 Å². The Morgan fingerprint density at radius 2 is 1.67 bits per heavy atom. The maximum Gasteiger partial charge on any atom is 0.195 e. The summed E-state index contributed by atoms with van der Waals surface area (Å²) in [5.41, 5.74) is 3.48. The number of H-pyrrole nitrogens is 1. The van der Waals surface area contributed by atoms with Crippen LogP contribution < -0.4 is 0 Å². The number of ketones is 1. The van der Waals surface area contributed by atoms with Crippen LogP contribution in [0.2, 0.25) is 0 Å². The SMILES string of the molecule is CN(C)Cc1[nH]c2ccccc2c1C(=O)c1ccccc1. The molecule has 0 saturated heterocycles. The zero-order valence-corrected chi connectivity index (χ0v) is 12.3. The van der Waals surface area contributed by atoms with Crippen molar-refractivity contribution in [2.45, 2.75) is 6.54 Å². The van der Waals surface area contributed by atoms with E-state index in [9.17, 15) is 4.79 Å². The van der Waals surface area contributed by atoms with Gasteiger partial charge in [0.2, 0.25) is 0 Å². The number of aromatic amines is 1. The number of fused-ring (bicyclic) bond motifs is 1. The number of nitrogens with one attached hydrogen (secondary N) is 1. The monoisotopic (exact) mass is 278 g/mol. The van der Waals surface area contributed by atoms with Gasteiger partial charge >= 0.3 is 0 Å². The average molecular weight is 278 g/mol. The van der Waals surface area contributed by atoms with Crippen LogP contribution in [0.15, 0.2) is 54.6 Å². The second kappa shape index (κ2) is 5.54. The quantitative estimate of drug-likeness (QED) is 0.742. The highest BCUT2D eigenvalue weighted by atomic mass is 16.1. The molecule has 0 amide bonds. The summed E-state index contributed by atoms with van der Waals surface area (Å²) in [5.74, 6) is 0.0740. The number of carbonyl (C=O) groups excluding carboxylic acids is 1. The molecule has 0 atom stereocenters. The lowest BCUT2D eigenvalue weighted by Gasteiger charge is -2.10. The Morgan fingerprint density at radius 1 is 1.00 bits per heavy atom. The molecule has 0 aliphatic rings. The van der Waals surface area contributed by atoms with E-state index in [-0.39, 0.29) is 5.78 Å². The zero-order chi connectivity index (χ0) is 14.8. The molecule has 0 aliphatic heterocycles. The Hall–Kier alpha value is -2.39. The minimum Gasteiger partial charge on any atom is -0.357 e. The van der Waals surface area contributed by atoms with Crippen LogP contribution in [0, 0.1) is 0 Å². The fourth-order valence-electron chi connectivity index (χ4n) is 2.63. The standard InChI is InChI=1S/C18H18N2O/c1-20(2)12-16-17(14-10-6-7-11-15(14)19-16)18(21)13-8-4-3-5-9-13/h3-11,19H,12H2,1-2H3. The van der Waals surface area contributed by atoms with Crippen molar-refractivity contribution in [2.75, 3.05) is 14.1 Å². The first-order chi connectivity index (χ1) is 10.2. The fraction of sp³-hybridized carbons (Fsp3) is 0.167. The summed E-state index contributed by atoms with van der Waals surface area (Å²) in [6, 6.07) is 17.4. The molecule has 0 unspecified atom stereocenters. The molecule has 1 heterocycles. The van der Waals surface area contributed by atoms with E-state index in [0.29, 0.717) is 6.54 Å². The first kappa shape index (κ1) is 13.6. The molecule has 0 bridgehead atoms. The molecule has 0 spiro atoms. The molecule has 0 aliphatic carbocycles. The Bertz CT molecular complexity index is 772. The Labute approximate surface area is 124 Å². The lowest BCUT2D eigenvalue weighted by Crippen LogP contribution is -2.14. The summed E-state index contributed by atoms with van der Waals surface area (Å²) < 4.78 is 0. The van der Waals surface area contributed by atoms with Gasteiger partial charge in [0, 0.05) is 28.7 Å². The van der Waals surface area contributed by atoms with E-state index >= 15 is 0 Å². The van der Waals surface area contributed by atoms with Crippen molar-refractivity contribution in [3.05, 3.63) is 71.4 Å². The Morgan fingerprint density at radius 3 is 2.38 bits per heavy atom. The highest BCUT2D eigenvalue weighted by Gasteiger charge is 2.19. The van der Waals surface area contributed by atoms with Gasteiger partial charge in [0.1, 0.15) is 0 Å². The van der Waals surface area contributed by atoms with E-state index in [1.54, 1.807) is 0 Å². The Kier molecular flexibility index (Phi) is 3.59. The highest BCUT2D eigenvalue weighted by molar-refractivity contribution is 6.17. The van der Waals surface area contributed by atoms with Gasteiger partial charge in [-0.05, 0) is 20.2 Å². The predicted octanol–water partition coefficient (Wildman–Crippen LogP) is 3.46. The molecular weight excluding hydrogens is 260 g/mol. The molecule has 21 heavy (non-hydrogen) atoms. The van der Waals surface area contributed by atoms with E-state index in [4.69, 9.17) is 0 Å². The molecule has 0 saturated carbocycles. The number of hydrogen-bond acceptors (Lipinski definition) is 2. The molecule has 0 fully saturated rings. The van der Waals surface area contributed by atoms with Crippen molar-refractivity contribution in [1.29, 1.82) is 0 Å². The molecule has 0 radical (unpaired) electrons. The van der Waals surface area contributed by atoms with Crippen molar-refractivity contribution in [2.24, 2.45) is 0 Å². The predicted molar refractivity (Wildman–Crippen MR) is 85.6 cm³/mol. The lowest BCUT2D eigenvalue weighted by molar-refractivity contribution is 0.103. The van der Waals surface area contributed by atoms with Gasteiger partial charge in [-0.25, -0.2) is 0 Å². The van der Waals surface area contributed by atoms with Crippen LogP contribution in [0.4, 0.5) is 0 Å². The summed E-state index contributed by atoms with van der Waals surface area (Å²) >= 11 is 0. The van der Waals surface area contributed by atoms with Gasteiger partial charge in [-0.2, -0.15) is 0 Å². The Balaban J connectivity index is 2.17. The summed E-state index contributed by atoms with van der Waals surface area (Å²) in [7, 11) is 4.00. The fourth-order valence-corrected chi connectivity index (χ4v) is 2.63. The average Bonchev–Trinajstić information content (AvgIpc) is 2.84. The van der Waals surface area contributed by atoms with Crippen LogP contribution in [-0.2, 0) is 6.54 Å². The van der Waals surface area contributed by atoms with E-state index in [0.717, 1.165) is 27.7 Å². The number of para-hydroxylation sites is 1. The molecule has 106 valence electrons.